The van der Waals surface area contributed by atoms with Crippen molar-refractivity contribution < 1.29 is 4.92 Å². The van der Waals surface area contributed by atoms with Crippen LogP contribution in [0.15, 0.2) is 18.2 Å². The van der Waals surface area contributed by atoms with E-state index in [9.17, 15) is 10.1 Å². The highest BCUT2D eigenvalue weighted by Gasteiger charge is 2.21. The number of likely N-dealkylation sites (tertiary alicyclic amines) is 1. The molecule has 0 aromatic heterocycles. The molecule has 1 unspecified atom stereocenters. The van der Waals surface area contributed by atoms with Gasteiger partial charge in [-0.25, -0.2) is 0 Å². The van der Waals surface area contributed by atoms with Gasteiger partial charge in [-0.1, -0.05) is 18.6 Å². The molecule has 0 saturated carbocycles. The van der Waals surface area contributed by atoms with Gasteiger partial charge in [-0.05, 0) is 39.4 Å². The van der Waals surface area contributed by atoms with E-state index in [2.05, 4.69) is 17.3 Å². The summed E-state index contributed by atoms with van der Waals surface area (Å²) < 4.78 is 0. The largest absolute Gasteiger partial charge is 0.378 e. The van der Waals surface area contributed by atoms with Crippen molar-refractivity contribution in [3.05, 3.63) is 33.9 Å². The normalized spacial score (nSPS) is 20.2. The molecule has 1 aliphatic rings. The van der Waals surface area contributed by atoms with Crippen LogP contribution in [0.1, 0.15) is 24.8 Å². The number of rotatable bonds is 4. The highest BCUT2D eigenvalue weighted by molar-refractivity contribution is 5.65. The topological polar surface area (TPSA) is 58.4 Å². The number of likely N-dealkylation sites (N-methyl/N-ethyl adjacent to an activating group) is 1. The summed E-state index contributed by atoms with van der Waals surface area (Å²) in [6.07, 6.45) is 3.65. The van der Waals surface area contributed by atoms with Gasteiger partial charge in [0.25, 0.3) is 5.69 Å². The molecule has 1 aromatic carbocycles. The third-order valence-corrected chi connectivity index (χ3v) is 3.87. The Morgan fingerprint density at radius 2 is 2.26 bits per heavy atom. The molecule has 1 atom stereocenters. The standard InChI is InChI=1S/C14H21N3O2/c1-11-6-5-8-13(14(11)17(18)19)15-10-12-7-3-4-9-16(12)2/h5-6,8,12,15H,3-4,7,9-10H2,1-2H3. The van der Waals surface area contributed by atoms with Crippen LogP contribution in [0, 0.1) is 17.0 Å². The van der Waals surface area contributed by atoms with E-state index >= 15 is 0 Å². The molecule has 0 amide bonds. The number of nitrogens with one attached hydrogen (secondary N) is 1. The maximum Gasteiger partial charge on any atom is 0.295 e. The molecule has 1 saturated heterocycles. The van der Waals surface area contributed by atoms with Crippen molar-refractivity contribution in [2.45, 2.75) is 32.2 Å². The van der Waals surface area contributed by atoms with E-state index in [0.717, 1.165) is 19.5 Å². The first-order valence-corrected chi connectivity index (χ1v) is 6.77. The second kappa shape index (κ2) is 6.02. The van der Waals surface area contributed by atoms with Gasteiger partial charge in [0.15, 0.2) is 0 Å². The van der Waals surface area contributed by atoms with Gasteiger partial charge in [0.1, 0.15) is 5.69 Å². The lowest BCUT2D eigenvalue weighted by Gasteiger charge is -2.32. The molecule has 104 valence electrons. The highest BCUT2D eigenvalue weighted by Crippen LogP contribution is 2.28. The highest BCUT2D eigenvalue weighted by atomic mass is 16.6. The van der Waals surface area contributed by atoms with E-state index in [0.29, 0.717) is 17.3 Å². The van der Waals surface area contributed by atoms with E-state index in [1.807, 2.05) is 6.07 Å². The number of nitro groups is 1. The fraction of sp³-hybridized carbons (Fsp3) is 0.571. The third kappa shape index (κ3) is 3.23. The number of anilines is 1. The Bertz CT molecular complexity index is 462. The van der Waals surface area contributed by atoms with Gasteiger partial charge in [0, 0.05) is 18.2 Å². The van der Waals surface area contributed by atoms with Gasteiger partial charge < -0.3 is 10.2 Å². The lowest BCUT2D eigenvalue weighted by Crippen LogP contribution is -2.40. The Kier molecular flexibility index (Phi) is 4.37. The summed E-state index contributed by atoms with van der Waals surface area (Å²) in [6, 6.07) is 5.88. The first kappa shape index (κ1) is 13.8. The SMILES string of the molecule is Cc1cccc(NCC2CCCCN2C)c1[N+](=O)[O-]. The fourth-order valence-electron chi connectivity index (χ4n) is 2.67. The predicted molar refractivity (Wildman–Crippen MR) is 76.6 cm³/mol. The molecule has 0 spiro atoms. The van der Waals surface area contributed by atoms with Crippen LogP contribution in [0.4, 0.5) is 11.4 Å². The minimum absolute atomic E-state index is 0.195. The van der Waals surface area contributed by atoms with Crippen molar-refractivity contribution in [1.29, 1.82) is 0 Å². The monoisotopic (exact) mass is 263 g/mol. The smallest absolute Gasteiger partial charge is 0.295 e. The van der Waals surface area contributed by atoms with Crippen molar-refractivity contribution in [2.24, 2.45) is 0 Å². The van der Waals surface area contributed by atoms with Crippen LogP contribution in [-0.2, 0) is 0 Å². The molecule has 0 aliphatic carbocycles. The van der Waals surface area contributed by atoms with Gasteiger partial charge in [-0.2, -0.15) is 0 Å². The number of hydrogen-bond donors (Lipinski definition) is 1. The lowest BCUT2D eigenvalue weighted by atomic mass is 10.0. The molecule has 5 heteroatoms. The lowest BCUT2D eigenvalue weighted by molar-refractivity contribution is -0.384. The van der Waals surface area contributed by atoms with Crippen LogP contribution < -0.4 is 5.32 Å². The molecular weight excluding hydrogens is 242 g/mol. The molecule has 1 aliphatic heterocycles. The van der Waals surface area contributed by atoms with E-state index in [1.54, 1.807) is 19.1 Å². The summed E-state index contributed by atoms with van der Waals surface area (Å²) in [4.78, 5) is 13.1. The number of benzene rings is 1. The van der Waals surface area contributed by atoms with Crippen molar-refractivity contribution in [3.63, 3.8) is 0 Å². The quantitative estimate of drug-likeness (QED) is 0.670. The molecule has 19 heavy (non-hydrogen) atoms. The summed E-state index contributed by atoms with van der Waals surface area (Å²) in [5.74, 6) is 0. The van der Waals surface area contributed by atoms with Crippen LogP contribution in [-0.4, -0.2) is 36.0 Å². The second-order valence-electron chi connectivity index (χ2n) is 5.24. The Morgan fingerprint density at radius 3 is 2.95 bits per heavy atom. The minimum atomic E-state index is -0.303. The molecule has 1 heterocycles. The van der Waals surface area contributed by atoms with Crippen LogP contribution in [0.5, 0.6) is 0 Å². The zero-order chi connectivity index (χ0) is 13.8. The number of para-hydroxylation sites is 1. The minimum Gasteiger partial charge on any atom is -0.378 e. The van der Waals surface area contributed by atoms with Crippen molar-refractivity contribution in [3.8, 4) is 0 Å². The van der Waals surface area contributed by atoms with E-state index < -0.39 is 0 Å². The maximum absolute atomic E-state index is 11.1. The molecule has 5 nitrogen and oxygen atoms in total. The molecule has 2 rings (SSSR count). The summed E-state index contributed by atoms with van der Waals surface area (Å²) in [6.45, 7) is 3.65. The number of hydrogen-bond acceptors (Lipinski definition) is 4. The van der Waals surface area contributed by atoms with Gasteiger partial charge in [-0.3, -0.25) is 10.1 Å². The number of aryl methyl sites for hydroxylation is 1. The molecule has 0 bridgehead atoms. The summed E-state index contributed by atoms with van der Waals surface area (Å²) in [7, 11) is 2.12. The van der Waals surface area contributed by atoms with Gasteiger partial charge >= 0.3 is 0 Å². The Balaban J connectivity index is 2.07. The summed E-state index contributed by atoms with van der Waals surface area (Å²) in [5.41, 5.74) is 1.52. The fourth-order valence-corrected chi connectivity index (χ4v) is 2.67. The molecule has 0 radical (unpaired) electrons. The second-order valence-corrected chi connectivity index (χ2v) is 5.24. The van der Waals surface area contributed by atoms with Gasteiger partial charge in [0.05, 0.1) is 4.92 Å². The van der Waals surface area contributed by atoms with Crippen molar-refractivity contribution in [1.82, 2.24) is 4.90 Å². The van der Waals surface area contributed by atoms with Gasteiger partial charge in [0.2, 0.25) is 0 Å². The predicted octanol–water partition coefficient (Wildman–Crippen LogP) is 2.80. The third-order valence-electron chi connectivity index (χ3n) is 3.87. The maximum atomic E-state index is 11.1. The first-order valence-electron chi connectivity index (χ1n) is 6.77. The van der Waals surface area contributed by atoms with E-state index in [1.165, 1.54) is 12.8 Å². The van der Waals surface area contributed by atoms with Gasteiger partial charge in [-0.15, -0.1) is 0 Å². The molecule has 1 N–H and O–H groups in total. The number of nitrogens with zero attached hydrogens (tertiary/aromatic N) is 2. The van der Waals surface area contributed by atoms with Crippen LogP contribution >= 0.6 is 0 Å². The zero-order valence-electron chi connectivity index (χ0n) is 11.6. The van der Waals surface area contributed by atoms with Crippen LogP contribution in [0.2, 0.25) is 0 Å². The Hall–Kier alpha value is -1.62. The number of piperidine rings is 1. The van der Waals surface area contributed by atoms with Crippen LogP contribution in [0.3, 0.4) is 0 Å². The molecular formula is C14H21N3O2. The van der Waals surface area contributed by atoms with E-state index in [-0.39, 0.29) is 10.6 Å². The van der Waals surface area contributed by atoms with Crippen LogP contribution in [0.25, 0.3) is 0 Å². The molecule has 1 fully saturated rings. The van der Waals surface area contributed by atoms with Crippen molar-refractivity contribution >= 4 is 11.4 Å². The summed E-state index contributed by atoms with van der Waals surface area (Å²) >= 11 is 0. The molecule has 1 aromatic rings. The zero-order valence-corrected chi connectivity index (χ0v) is 11.6. The Labute approximate surface area is 113 Å². The first-order chi connectivity index (χ1) is 9.09. The average Bonchev–Trinajstić information content (AvgIpc) is 2.37. The van der Waals surface area contributed by atoms with E-state index in [4.69, 9.17) is 0 Å². The summed E-state index contributed by atoms with van der Waals surface area (Å²) in [5, 5.41) is 14.4. The average molecular weight is 263 g/mol. The Morgan fingerprint density at radius 1 is 1.47 bits per heavy atom. The van der Waals surface area contributed by atoms with Crippen molar-refractivity contribution in [2.75, 3.05) is 25.5 Å². The number of nitro benzene ring substituents is 1.